The van der Waals surface area contributed by atoms with E-state index in [1.54, 1.807) is 11.1 Å². The Bertz CT molecular complexity index is 349. The van der Waals surface area contributed by atoms with Gasteiger partial charge in [0.1, 0.15) is 10.5 Å². The van der Waals surface area contributed by atoms with E-state index >= 15 is 0 Å². The third kappa shape index (κ3) is 4.25. The Labute approximate surface area is 115 Å². The number of hydrogen-bond donors (Lipinski definition) is 0. The molecule has 1 aromatic rings. The van der Waals surface area contributed by atoms with E-state index in [0.717, 1.165) is 10.5 Å². The van der Waals surface area contributed by atoms with Crippen molar-refractivity contribution in [3.05, 3.63) is 34.9 Å². The number of unbranched alkanes of at least 4 members (excludes halogenated alkanes) is 2. The molecule has 0 aliphatic heterocycles. The summed E-state index contributed by atoms with van der Waals surface area (Å²) in [6, 6.07) is 6.76. The molecule has 0 radical (unpaired) electrons. The van der Waals surface area contributed by atoms with Gasteiger partial charge in [0.05, 0.1) is 6.10 Å². The predicted molar refractivity (Wildman–Crippen MR) is 83.1 cm³/mol. The maximum absolute atomic E-state index is 5.66. The van der Waals surface area contributed by atoms with Gasteiger partial charge in [-0.1, -0.05) is 44.9 Å². The van der Waals surface area contributed by atoms with Crippen molar-refractivity contribution in [1.82, 2.24) is 0 Å². The molecule has 1 nitrogen and oxygen atoms in total. The van der Waals surface area contributed by atoms with E-state index < -0.39 is 0 Å². The highest BCUT2D eigenvalue weighted by Gasteiger charge is 2.12. The molecule has 1 unspecified atom stereocenters. The molecular formula is C16H28OSi. The first-order chi connectivity index (χ1) is 8.74. The highest BCUT2D eigenvalue weighted by molar-refractivity contribution is 5.98. The third-order valence-corrected chi connectivity index (χ3v) is 4.39. The first-order valence-corrected chi connectivity index (χ1v) is 8.19. The molecular weight excluding hydrogens is 236 g/mol. The van der Waals surface area contributed by atoms with Crippen molar-refractivity contribution in [3.63, 3.8) is 0 Å². The Morgan fingerprint density at radius 3 is 2.39 bits per heavy atom. The minimum Gasteiger partial charge on any atom is -0.421 e. The standard InChI is InChI=1S/C16H28OSi/c1-4-6-9-14-10-8-12-15(13(3)17-18)16(14)11-7-5-2/h8,10,12-13H,4-7,9,11H2,1-3,18H3. The summed E-state index contributed by atoms with van der Waals surface area (Å²) in [5.74, 6) is 0. The average Bonchev–Trinajstić information content (AvgIpc) is 2.42. The third-order valence-electron chi connectivity index (χ3n) is 3.68. The van der Waals surface area contributed by atoms with Gasteiger partial charge in [-0.2, -0.15) is 0 Å². The smallest absolute Gasteiger partial charge is 0.146 e. The predicted octanol–water partition coefficient (Wildman–Crippen LogP) is 3.73. The normalized spacial score (nSPS) is 12.8. The van der Waals surface area contributed by atoms with Crippen molar-refractivity contribution in [2.75, 3.05) is 0 Å². The lowest BCUT2D eigenvalue weighted by Crippen LogP contribution is -2.06. The molecule has 0 heterocycles. The number of aryl methyl sites for hydroxylation is 1. The summed E-state index contributed by atoms with van der Waals surface area (Å²) in [6.07, 6.45) is 7.80. The molecule has 18 heavy (non-hydrogen) atoms. The summed E-state index contributed by atoms with van der Waals surface area (Å²) in [6.45, 7) is 6.71. The van der Waals surface area contributed by atoms with Gasteiger partial charge in [-0.15, -0.1) is 0 Å². The lowest BCUT2D eigenvalue weighted by molar-refractivity contribution is 0.249. The molecule has 0 saturated carbocycles. The Kier molecular flexibility index (Phi) is 7.29. The summed E-state index contributed by atoms with van der Waals surface area (Å²) >= 11 is 0. The maximum Gasteiger partial charge on any atom is 0.146 e. The van der Waals surface area contributed by atoms with Crippen molar-refractivity contribution >= 4 is 10.5 Å². The molecule has 0 amide bonds. The van der Waals surface area contributed by atoms with Crippen LogP contribution in [0.2, 0.25) is 0 Å². The largest absolute Gasteiger partial charge is 0.421 e. The SMILES string of the molecule is CCCCc1cccc(C(C)O[SiH3])c1CCCC. The Morgan fingerprint density at radius 1 is 1.11 bits per heavy atom. The molecule has 1 aromatic carbocycles. The van der Waals surface area contributed by atoms with Crippen LogP contribution in [-0.2, 0) is 17.3 Å². The van der Waals surface area contributed by atoms with E-state index in [-0.39, 0.29) is 6.10 Å². The number of hydrogen-bond acceptors (Lipinski definition) is 1. The second-order valence-electron chi connectivity index (χ2n) is 5.07. The summed E-state index contributed by atoms with van der Waals surface area (Å²) in [7, 11) is 0.812. The highest BCUT2D eigenvalue weighted by Crippen LogP contribution is 2.26. The summed E-state index contributed by atoms with van der Waals surface area (Å²) < 4.78 is 5.66. The zero-order valence-corrected chi connectivity index (χ0v) is 14.5. The van der Waals surface area contributed by atoms with E-state index in [9.17, 15) is 0 Å². The van der Waals surface area contributed by atoms with Crippen LogP contribution in [0.5, 0.6) is 0 Å². The minimum absolute atomic E-state index is 0.269. The van der Waals surface area contributed by atoms with Crippen molar-refractivity contribution in [1.29, 1.82) is 0 Å². The van der Waals surface area contributed by atoms with Crippen molar-refractivity contribution in [2.45, 2.75) is 65.4 Å². The fraction of sp³-hybridized carbons (Fsp3) is 0.625. The van der Waals surface area contributed by atoms with Gasteiger partial charge < -0.3 is 4.43 Å². The fourth-order valence-corrected chi connectivity index (χ4v) is 2.68. The zero-order chi connectivity index (χ0) is 13.4. The van der Waals surface area contributed by atoms with Crippen molar-refractivity contribution in [2.24, 2.45) is 0 Å². The van der Waals surface area contributed by atoms with Crippen LogP contribution in [0.3, 0.4) is 0 Å². The molecule has 0 saturated heterocycles. The van der Waals surface area contributed by atoms with E-state index in [1.807, 2.05) is 0 Å². The summed E-state index contributed by atoms with van der Waals surface area (Å²) in [5.41, 5.74) is 4.54. The topological polar surface area (TPSA) is 9.23 Å². The number of benzene rings is 1. The van der Waals surface area contributed by atoms with Crippen LogP contribution in [0, 0.1) is 0 Å². The maximum atomic E-state index is 5.66. The van der Waals surface area contributed by atoms with Gasteiger partial charge >= 0.3 is 0 Å². The quantitative estimate of drug-likeness (QED) is 0.650. The van der Waals surface area contributed by atoms with Crippen LogP contribution >= 0.6 is 0 Å². The van der Waals surface area contributed by atoms with Gasteiger partial charge in [0.25, 0.3) is 0 Å². The van der Waals surface area contributed by atoms with Crippen LogP contribution in [-0.4, -0.2) is 10.5 Å². The Morgan fingerprint density at radius 2 is 1.78 bits per heavy atom. The molecule has 0 N–H and O–H groups in total. The van der Waals surface area contributed by atoms with Gasteiger partial charge in [0.15, 0.2) is 0 Å². The molecule has 2 heteroatoms. The molecule has 1 atom stereocenters. The van der Waals surface area contributed by atoms with E-state index in [2.05, 4.69) is 39.0 Å². The van der Waals surface area contributed by atoms with Crippen molar-refractivity contribution in [3.8, 4) is 0 Å². The van der Waals surface area contributed by atoms with Crippen molar-refractivity contribution < 1.29 is 4.43 Å². The summed E-state index contributed by atoms with van der Waals surface area (Å²) in [5, 5.41) is 0. The summed E-state index contributed by atoms with van der Waals surface area (Å²) in [4.78, 5) is 0. The number of rotatable bonds is 8. The second-order valence-corrected chi connectivity index (χ2v) is 5.54. The average molecular weight is 264 g/mol. The first-order valence-electron chi connectivity index (χ1n) is 7.38. The zero-order valence-electron chi connectivity index (χ0n) is 12.5. The molecule has 0 aromatic heterocycles. The van der Waals surface area contributed by atoms with E-state index in [4.69, 9.17) is 4.43 Å². The minimum atomic E-state index is 0.269. The van der Waals surface area contributed by atoms with Gasteiger partial charge in [0.2, 0.25) is 0 Å². The molecule has 0 aliphatic rings. The lowest BCUT2D eigenvalue weighted by Gasteiger charge is -2.19. The molecule has 1 rings (SSSR count). The van der Waals surface area contributed by atoms with E-state index in [0.29, 0.717) is 0 Å². The van der Waals surface area contributed by atoms with Gasteiger partial charge in [-0.3, -0.25) is 0 Å². The van der Waals surface area contributed by atoms with Crippen LogP contribution in [0.1, 0.15) is 69.2 Å². The van der Waals surface area contributed by atoms with Crippen LogP contribution in [0.4, 0.5) is 0 Å². The van der Waals surface area contributed by atoms with Crippen LogP contribution in [0.25, 0.3) is 0 Å². The van der Waals surface area contributed by atoms with Gasteiger partial charge in [-0.05, 0) is 49.3 Å². The second kappa shape index (κ2) is 8.49. The molecule has 0 aliphatic carbocycles. The Balaban J connectivity index is 3.00. The van der Waals surface area contributed by atoms with E-state index in [1.165, 1.54) is 44.1 Å². The molecule has 0 spiro atoms. The lowest BCUT2D eigenvalue weighted by atomic mass is 9.91. The van der Waals surface area contributed by atoms with Gasteiger partial charge in [-0.25, -0.2) is 0 Å². The molecule has 0 fully saturated rings. The monoisotopic (exact) mass is 264 g/mol. The first kappa shape index (κ1) is 15.5. The highest BCUT2D eigenvalue weighted by atomic mass is 28.2. The van der Waals surface area contributed by atoms with Crippen LogP contribution in [0.15, 0.2) is 18.2 Å². The Hall–Kier alpha value is -0.603. The van der Waals surface area contributed by atoms with Crippen LogP contribution < -0.4 is 0 Å². The molecule has 0 bridgehead atoms. The molecule has 102 valence electrons. The fourth-order valence-electron chi connectivity index (χ4n) is 2.42. The van der Waals surface area contributed by atoms with Gasteiger partial charge in [0, 0.05) is 0 Å².